The number of piperidine rings is 1. The third-order valence-electron chi connectivity index (χ3n) is 8.18. The molecule has 2 saturated heterocycles. The van der Waals surface area contributed by atoms with Crippen LogP contribution in [0.1, 0.15) is 39.1 Å². The predicted molar refractivity (Wildman–Crippen MR) is 165 cm³/mol. The fourth-order valence-electron chi connectivity index (χ4n) is 6.01. The summed E-state index contributed by atoms with van der Waals surface area (Å²) < 4.78 is 33.1. The van der Waals surface area contributed by atoms with Crippen molar-refractivity contribution < 1.29 is 33.3 Å². The minimum absolute atomic E-state index is 0.0127. The minimum Gasteiger partial charge on any atom is -0.489 e. The maximum Gasteiger partial charge on any atom is 0.337 e. The molecular formula is C32H32Cl2FN3O6. The van der Waals surface area contributed by atoms with Crippen LogP contribution in [0.3, 0.4) is 0 Å². The molecule has 1 N–H and O–H groups in total. The summed E-state index contributed by atoms with van der Waals surface area (Å²) in [6, 6.07) is 11.1. The number of anilines is 1. The number of carbonyl (C=O) groups excluding carboxylic acids is 1. The zero-order chi connectivity index (χ0) is 31.0. The van der Waals surface area contributed by atoms with Crippen LogP contribution in [0.25, 0.3) is 11.1 Å². The van der Waals surface area contributed by atoms with Crippen molar-refractivity contribution in [2.45, 2.75) is 25.5 Å². The maximum atomic E-state index is 15.5. The Kier molecular flexibility index (Phi) is 8.87. The van der Waals surface area contributed by atoms with Gasteiger partial charge in [0.05, 0.1) is 46.6 Å². The number of likely N-dealkylation sites (N-methyl/N-ethyl adjacent to an activating group) is 1. The molecule has 232 valence electrons. The monoisotopic (exact) mass is 643 g/mol. The number of amides is 1. The average Bonchev–Trinajstić information content (AvgIpc) is 3.00. The molecule has 0 bridgehead atoms. The topological polar surface area (TPSA) is 91.8 Å². The summed E-state index contributed by atoms with van der Waals surface area (Å²) in [6.07, 6.45) is 1.97. The molecule has 1 atom stereocenters. The lowest BCUT2D eigenvalue weighted by molar-refractivity contribution is 0.0515. The van der Waals surface area contributed by atoms with E-state index < -0.39 is 17.7 Å². The van der Waals surface area contributed by atoms with Gasteiger partial charge in [0.15, 0.2) is 6.73 Å². The van der Waals surface area contributed by atoms with Crippen LogP contribution >= 0.6 is 23.2 Å². The van der Waals surface area contributed by atoms with Gasteiger partial charge in [-0.15, -0.1) is 0 Å². The highest BCUT2D eigenvalue weighted by Crippen LogP contribution is 2.41. The van der Waals surface area contributed by atoms with Crippen LogP contribution < -0.4 is 14.4 Å². The summed E-state index contributed by atoms with van der Waals surface area (Å²) in [6.45, 7) is 3.75. The molecule has 6 rings (SSSR count). The smallest absolute Gasteiger partial charge is 0.337 e. The number of aromatic carboxylic acids is 1. The first-order valence-electron chi connectivity index (χ1n) is 14.5. The Morgan fingerprint density at radius 3 is 2.50 bits per heavy atom. The standard InChI is InChI=1S/C32H32Cl2FN3O6/c1-36-7-3-5-20(17-36)44-21-12-25(33)29(26(34)13-21)31(39)38-16-19-4-2-6-22(30(19)43-18-38)23-15-28(37-8-10-42-11-9-37)24(32(40)41)14-27(23)35/h2,4,6,12-15,20H,3,5,7-11,16-18H2,1H3,(H,40,41). The molecule has 44 heavy (non-hydrogen) atoms. The fourth-order valence-corrected chi connectivity index (χ4v) is 6.64. The number of fused-ring (bicyclic) bond motifs is 1. The van der Waals surface area contributed by atoms with E-state index in [2.05, 4.69) is 4.90 Å². The Morgan fingerprint density at radius 2 is 1.80 bits per heavy atom. The van der Waals surface area contributed by atoms with E-state index in [1.54, 1.807) is 36.4 Å². The number of rotatable bonds is 6. The lowest BCUT2D eigenvalue weighted by atomic mass is 9.97. The number of carboxylic acid groups (broad SMARTS) is 1. The van der Waals surface area contributed by atoms with Crippen LogP contribution in [0.2, 0.25) is 10.0 Å². The number of para-hydroxylation sites is 1. The van der Waals surface area contributed by atoms with Crippen molar-refractivity contribution in [3.63, 3.8) is 0 Å². The number of carbonyl (C=O) groups is 2. The molecule has 12 heteroatoms. The van der Waals surface area contributed by atoms with Gasteiger partial charge in [0.1, 0.15) is 23.4 Å². The second-order valence-electron chi connectivity index (χ2n) is 11.2. The second-order valence-corrected chi connectivity index (χ2v) is 12.0. The zero-order valence-corrected chi connectivity index (χ0v) is 25.7. The highest BCUT2D eigenvalue weighted by Gasteiger charge is 2.30. The number of likely N-dealkylation sites (tertiary alicyclic amines) is 1. The van der Waals surface area contributed by atoms with Crippen molar-refractivity contribution in [3.8, 4) is 22.6 Å². The number of morpholine rings is 1. The summed E-state index contributed by atoms with van der Waals surface area (Å²) in [5, 5.41) is 10.1. The largest absolute Gasteiger partial charge is 0.489 e. The summed E-state index contributed by atoms with van der Waals surface area (Å²) in [5.74, 6) is -1.38. The van der Waals surface area contributed by atoms with Crippen LogP contribution in [0.5, 0.6) is 11.5 Å². The van der Waals surface area contributed by atoms with Gasteiger partial charge in [0, 0.05) is 36.3 Å². The molecule has 3 aliphatic rings. The summed E-state index contributed by atoms with van der Waals surface area (Å²) >= 11 is 13.1. The van der Waals surface area contributed by atoms with E-state index in [0.29, 0.717) is 54.6 Å². The van der Waals surface area contributed by atoms with Gasteiger partial charge in [-0.25, -0.2) is 9.18 Å². The molecule has 1 unspecified atom stereocenters. The van der Waals surface area contributed by atoms with Crippen molar-refractivity contribution >= 4 is 40.8 Å². The average molecular weight is 645 g/mol. The van der Waals surface area contributed by atoms with Crippen molar-refractivity contribution in [1.29, 1.82) is 0 Å². The third kappa shape index (κ3) is 6.17. The molecule has 3 aliphatic heterocycles. The summed E-state index contributed by atoms with van der Waals surface area (Å²) in [4.78, 5) is 31.1. The zero-order valence-electron chi connectivity index (χ0n) is 24.2. The molecule has 0 saturated carbocycles. The molecule has 0 aromatic heterocycles. The Bertz CT molecular complexity index is 1580. The molecule has 3 heterocycles. The minimum atomic E-state index is -1.21. The number of hydrogen-bond donors (Lipinski definition) is 1. The van der Waals surface area contributed by atoms with Crippen molar-refractivity contribution in [2.75, 3.05) is 58.1 Å². The van der Waals surface area contributed by atoms with Gasteiger partial charge >= 0.3 is 5.97 Å². The Morgan fingerprint density at radius 1 is 1.05 bits per heavy atom. The molecule has 0 spiro atoms. The van der Waals surface area contributed by atoms with Gasteiger partial charge in [0.2, 0.25) is 0 Å². The van der Waals surface area contributed by atoms with E-state index in [-0.39, 0.29) is 46.1 Å². The van der Waals surface area contributed by atoms with Crippen LogP contribution in [0, 0.1) is 5.82 Å². The first-order chi connectivity index (χ1) is 21.2. The van der Waals surface area contributed by atoms with Gasteiger partial charge in [-0.05, 0) is 50.7 Å². The number of benzene rings is 3. The van der Waals surface area contributed by atoms with Crippen molar-refractivity contribution in [3.05, 3.63) is 75.0 Å². The van der Waals surface area contributed by atoms with Gasteiger partial charge in [-0.3, -0.25) is 4.79 Å². The number of nitrogens with zero attached hydrogens (tertiary/aromatic N) is 3. The Balaban J connectivity index is 1.25. The van der Waals surface area contributed by atoms with E-state index in [1.165, 1.54) is 4.90 Å². The number of ether oxygens (including phenoxy) is 3. The van der Waals surface area contributed by atoms with E-state index in [0.717, 1.165) is 32.0 Å². The van der Waals surface area contributed by atoms with Crippen molar-refractivity contribution in [2.24, 2.45) is 0 Å². The van der Waals surface area contributed by atoms with E-state index >= 15 is 4.39 Å². The summed E-state index contributed by atoms with van der Waals surface area (Å²) in [7, 11) is 2.05. The van der Waals surface area contributed by atoms with Gasteiger partial charge < -0.3 is 34.0 Å². The molecule has 2 fully saturated rings. The van der Waals surface area contributed by atoms with E-state index in [1.807, 2.05) is 11.9 Å². The fraction of sp³-hybridized carbons (Fsp3) is 0.375. The Hall–Kier alpha value is -3.57. The lowest BCUT2D eigenvalue weighted by Gasteiger charge is -2.32. The highest BCUT2D eigenvalue weighted by atomic mass is 35.5. The van der Waals surface area contributed by atoms with Crippen LogP contribution in [-0.4, -0.2) is 86.1 Å². The molecule has 0 radical (unpaired) electrons. The van der Waals surface area contributed by atoms with Gasteiger partial charge in [0.25, 0.3) is 5.91 Å². The highest BCUT2D eigenvalue weighted by molar-refractivity contribution is 6.39. The lowest BCUT2D eigenvalue weighted by Crippen LogP contribution is -2.38. The van der Waals surface area contributed by atoms with Gasteiger partial charge in [-0.1, -0.05) is 41.4 Å². The molecule has 1 amide bonds. The molecule has 3 aromatic rings. The van der Waals surface area contributed by atoms with Crippen LogP contribution in [-0.2, 0) is 11.3 Å². The first-order valence-corrected chi connectivity index (χ1v) is 15.2. The van der Waals surface area contributed by atoms with E-state index in [4.69, 9.17) is 37.4 Å². The molecule has 9 nitrogen and oxygen atoms in total. The molecular weight excluding hydrogens is 612 g/mol. The van der Waals surface area contributed by atoms with Crippen LogP contribution in [0.4, 0.5) is 10.1 Å². The van der Waals surface area contributed by atoms with Crippen LogP contribution in [0.15, 0.2) is 42.5 Å². The van der Waals surface area contributed by atoms with Crippen molar-refractivity contribution in [1.82, 2.24) is 9.80 Å². The van der Waals surface area contributed by atoms with E-state index in [9.17, 15) is 14.7 Å². The normalized spacial score (nSPS) is 18.9. The SMILES string of the molecule is CN1CCCC(Oc2cc(Cl)c(C(=O)N3COc4c(cccc4-c4cc(N5CCOCC5)c(C(=O)O)cc4F)C3)c(Cl)c2)C1. The molecule has 0 aliphatic carbocycles. The predicted octanol–water partition coefficient (Wildman–Crippen LogP) is 5.80. The quantitative estimate of drug-likeness (QED) is 0.360. The maximum absolute atomic E-state index is 15.5. The first kappa shape index (κ1) is 30.5. The second kappa shape index (κ2) is 12.8. The third-order valence-corrected chi connectivity index (χ3v) is 8.78. The number of halogens is 3. The number of hydrogen-bond acceptors (Lipinski definition) is 7. The molecule has 3 aromatic carbocycles. The summed E-state index contributed by atoms with van der Waals surface area (Å²) in [5.41, 5.74) is 1.77. The Labute approximate surface area is 264 Å². The van der Waals surface area contributed by atoms with Gasteiger partial charge in [-0.2, -0.15) is 0 Å². The number of carboxylic acids is 1.